The van der Waals surface area contributed by atoms with Gasteiger partial charge >= 0.3 is 0 Å². The molecule has 0 aromatic heterocycles. The van der Waals surface area contributed by atoms with Gasteiger partial charge in [-0.2, -0.15) is 0 Å². The molecule has 0 unspecified atom stereocenters. The third-order valence-electron chi connectivity index (χ3n) is 2.67. The summed E-state index contributed by atoms with van der Waals surface area (Å²) in [6.07, 6.45) is 0.803. The molecule has 0 saturated heterocycles. The zero-order chi connectivity index (χ0) is 13.8. The Morgan fingerprint density at radius 1 is 1.06 bits per heavy atom. The van der Waals surface area contributed by atoms with Crippen LogP contribution < -0.4 is 5.73 Å². The fraction of sp³-hybridized carbons (Fsp3) is 0.500. The van der Waals surface area contributed by atoms with Crippen LogP contribution in [0.2, 0.25) is 0 Å². The van der Waals surface area contributed by atoms with Crippen LogP contribution in [-0.4, -0.2) is 51.9 Å². The van der Waals surface area contributed by atoms with E-state index in [1.54, 1.807) is 19.2 Å². The van der Waals surface area contributed by atoms with Crippen LogP contribution in [-0.2, 0) is 10.0 Å². The summed E-state index contributed by atoms with van der Waals surface area (Å²) in [5.41, 5.74) is 6.11. The first kappa shape index (κ1) is 14.9. The Balaban J connectivity index is 2.71. The highest BCUT2D eigenvalue weighted by Gasteiger charge is 2.19. The Hall–Kier alpha value is -1.11. The van der Waals surface area contributed by atoms with Crippen LogP contribution in [0.1, 0.15) is 6.42 Å². The molecule has 5 nitrogen and oxygen atoms in total. The number of nitrogens with two attached hydrogens (primary N) is 1. The van der Waals surface area contributed by atoms with Crippen LogP contribution in [0, 0.1) is 0 Å². The van der Waals surface area contributed by atoms with Crippen molar-refractivity contribution in [3.8, 4) is 0 Å². The van der Waals surface area contributed by atoms with Crippen molar-refractivity contribution in [3.05, 3.63) is 24.3 Å². The molecule has 0 heterocycles. The van der Waals surface area contributed by atoms with Crippen LogP contribution in [0.3, 0.4) is 0 Å². The van der Waals surface area contributed by atoms with Crippen molar-refractivity contribution >= 4 is 15.7 Å². The lowest BCUT2D eigenvalue weighted by atomic mass is 10.3. The van der Waals surface area contributed by atoms with Gasteiger partial charge in [0.2, 0.25) is 10.0 Å². The molecule has 0 fully saturated rings. The first-order valence-electron chi connectivity index (χ1n) is 5.80. The van der Waals surface area contributed by atoms with Gasteiger partial charge in [0.1, 0.15) is 0 Å². The molecule has 0 aliphatic heterocycles. The van der Waals surface area contributed by atoms with E-state index >= 15 is 0 Å². The smallest absolute Gasteiger partial charge is 0.242 e. The SMILES string of the molecule is CN(C)CCCN(C)S(=O)(=O)c1ccc(N)cc1. The van der Waals surface area contributed by atoms with Gasteiger partial charge in [-0.15, -0.1) is 0 Å². The fourth-order valence-electron chi connectivity index (χ4n) is 1.55. The number of anilines is 1. The molecule has 0 aliphatic rings. The number of rotatable bonds is 6. The molecule has 0 spiro atoms. The Morgan fingerprint density at radius 2 is 1.61 bits per heavy atom. The summed E-state index contributed by atoms with van der Waals surface area (Å²) in [5.74, 6) is 0. The van der Waals surface area contributed by atoms with Gasteiger partial charge in [-0.3, -0.25) is 0 Å². The molecule has 0 radical (unpaired) electrons. The van der Waals surface area contributed by atoms with Gasteiger partial charge in [-0.25, -0.2) is 12.7 Å². The minimum Gasteiger partial charge on any atom is -0.399 e. The van der Waals surface area contributed by atoms with Crippen LogP contribution in [0.25, 0.3) is 0 Å². The number of hydrogen-bond donors (Lipinski definition) is 1. The number of sulfonamides is 1. The van der Waals surface area contributed by atoms with Gasteiger partial charge in [-0.05, 0) is 51.3 Å². The topological polar surface area (TPSA) is 66.6 Å². The quantitative estimate of drug-likeness (QED) is 0.779. The molecule has 102 valence electrons. The van der Waals surface area contributed by atoms with Crippen molar-refractivity contribution in [3.63, 3.8) is 0 Å². The Labute approximate surface area is 109 Å². The molecule has 2 N–H and O–H groups in total. The van der Waals surface area contributed by atoms with E-state index in [0.717, 1.165) is 13.0 Å². The molecular weight excluding hydrogens is 250 g/mol. The highest BCUT2D eigenvalue weighted by molar-refractivity contribution is 7.89. The summed E-state index contributed by atoms with van der Waals surface area (Å²) in [4.78, 5) is 2.31. The first-order valence-corrected chi connectivity index (χ1v) is 7.24. The van der Waals surface area contributed by atoms with E-state index < -0.39 is 10.0 Å². The Bertz CT molecular complexity index is 469. The molecule has 0 bridgehead atoms. The maximum Gasteiger partial charge on any atom is 0.242 e. The molecule has 0 atom stereocenters. The lowest BCUT2D eigenvalue weighted by molar-refractivity contribution is 0.370. The van der Waals surface area contributed by atoms with Gasteiger partial charge in [0.25, 0.3) is 0 Å². The van der Waals surface area contributed by atoms with Gasteiger partial charge in [0.15, 0.2) is 0 Å². The highest BCUT2D eigenvalue weighted by Crippen LogP contribution is 2.16. The Morgan fingerprint density at radius 3 is 2.11 bits per heavy atom. The molecule has 1 aromatic rings. The van der Waals surface area contributed by atoms with E-state index in [2.05, 4.69) is 0 Å². The van der Waals surface area contributed by atoms with Crippen molar-refractivity contribution < 1.29 is 8.42 Å². The second kappa shape index (κ2) is 6.17. The summed E-state index contributed by atoms with van der Waals surface area (Å²) in [5, 5.41) is 0. The van der Waals surface area contributed by atoms with E-state index in [1.165, 1.54) is 16.4 Å². The van der Waals surface area contributed by atoms with Crippen LogP contribution in [0.5, 0.6) is 0 Å². The highest BCUT2D eigenvalue weighted by atomic mass is 32.2. The number of nitrogen functional groups attached to an aromatic ring is 1. The lowest BCUT2D eigenvalue weighted by Crippen LogP contribution is -2.29. The standard InChI is InChI=1S/C12H21N3O2S/c1-14(2)9-4-10-15(3)18(16,17)12-7-5-11(13)6-8-12/h5-8H,4,9-10,13H2,1-3H3. The van der Waals surface area contributed by atoms with Crippen molar-refractivity contribution in [2.75, 3.05) is 40.0 Å². The van der Waals surface area contributed by atoms with E-state index in [0.29, 0.717) is 12.2 Å². The molecule has 1 rings (SSSR count). The summed E-state index contributed by atoms with van der Waals surface area (Å²) in [6.45, 7) is 1.37. The van der Waals surface area contributed by atoms with Crippen LogP contribution >= 0.6 is 0 Å². The fourth-order valence-corrected chi connectivity index (χ4v) is 2.76. The van der Waals surface area contributed by atoms with Crippen molar-refractivity contribution in [1.82, 2.24) is 9.21 Å². The lowest BCUT2D eigenvalue weighted by Gasteiger charge is -2.18. The van der Waals surface area contributed by atoms with Crippen molar-refractivity contribution in [1.29, 1.82) is 0 Å². The third-order valence-corrected chi connectivity index (χ3v) is 4.54. The maximum absolute atomic E-state index is 12.2. The van der Waals surface area contributed by atoms with E-state index in [-0.39, 0.29) is 4.90 Å². The molecule has 18 heavy (non-hydrogen) atoms. The molecule has 0 aliphatic carbocycles. The van der Waals surface area contributed by atoms with E-state index in [4.69, 9.17) is 5.73 Å². The Kier molecular flexibility index (Phi) is 5.13. The first-order chi connectivity index (χ1) is 8.34. The number of hydrogen-bond acceptors (Lipinski definition) is 4. The number of benzene rings is 1. The second-order valence-corrected chi connectivity index (χ2v) is 6.60. The summed E-state index contributed by atoms with van der Waals surface area (Å²) in [6, 6.07) is 6.27. The summed E-state index contributed by atoms with van der Waals surface area (Å²) in [7, 11) is 2.14. The minimum absolute atomic E-state index is 0.282. The summed E-state index contributed by atoms with van der Waals surface area (Å²) < 4.78 is 25.8. The van der Waals surface area contributed by atoms with E-state index in [1.807, 2.05) is 19.0 Å². The average molecular weight is 271 g/mol. The predicted octanol–water partition coefficient (Wildman–Crippen LogP) is 0.841. The monoisotopic (exact) mass is 271 g/mol. The molecule has 0 saturated carbocycles. The van der Waals surface area contributed by atoms with Crippen molar-refractivity contribution in [2.24, 2.45) is 0 Å². The van der Waals surface area contributed by atoms with Crippen LogP contribution in [0.4, 0.5) is 5.69 Å². The predicted molar refractivity (Wildman–Crippen MR) is 73.8 cm³/mol. The molecule has 6 heteroatoms. The second-order valence-electron chi connectivity index (χ2n) is 4.55. The average Bonchev–Trinajstić information content (AvgIpc) is 2.28. The van der Waals surface area contributed by atoms with Crippen molar-refractivity contribution in [2.45, 2.75) is 11.3 Å². The molecule has 0 amide bonds. The summed E-state index contributed by atoms with van der Waals surface area (Å²) >= 11 is 0. The zero-order valence-electron chi connectivity index (χ0n) is 11.1. The van der Waals surface area contributed by atoms with Gasteiger partial charge < -0.3 is 10.6 Å². The van der Waals surface area contributed by atoms with Gasteiger partial charge in [0, 0.05) is 19.3 Å². The molecule has 1 aromatic carbocycles. The number of nitrogens with zero attached hydrogens (tertiary/aromatic N) is 2. The minimum atomic E-state index is -3.39. The normalized spacial score (nSPS) is 12.3. The largest absolute Gasteiger partial charge is 0.399 e. The van der Waals surface area contributed by atoms with Gasteiger partial charge in [0.05, 0.1) is 4.90 Å². The third kappa shape index (κ3) is 3.97. The van der Waals surface area contributed by atoms with Gasteiger partial charge in [-0.1, -0.05) is 0 Å². The zero-order valence-corrected chi connectivity index (χ0v) is 11.9. The maximum atomic E-state index is 12.2. The molecular formula is C12H21N3O2S. The van der Waals surface area contributed by atoms with Crippen LogP contribution in [0.15, 0.2) is 29.2 Å². The van der Waals surface area contributed by atoms with E-state index in [9.17, 15) is 8.42 Å².